The summed E-state index contributed by atoms with van der Waals surface area (Å²) in [4.78, 5) is 9.78. The number of hydrogen-bond donors (Lipinski definition) is 0. The molecule has 1 aromatic heterocycles. The van der Waals surface area contributed by atoms with Gasteiger partial charge in [-0.3, -0.25) is 4.98 Å². The predicted molar refractivity (Wildman–Crippen MR) is 118 cm³/mol. The van der Waals surface area contributed by atoms with Crippen LogP contribution < -0.4 is 9.64 Å². The summed E-state index contributed by atoms with van der Waals surface area (Å²) in [6.45, 7) is 6.95. The fraction of sp³-hybridized carbons (Fsp3) is 0.560. The lowest BCUT2D eigenvalue weighted by atomic mass is 9.77. The van der Waals surface area contributed by atoms with E-state index in [9.17, 15) is 0 Å². The summed E-state index contributed by atoms with van der Waals surface area (Å²) in [5.41, 5.74) is 4.34. The SMILES string of the molecule is COc1ccccc1C1CCN([C@@H]2CCC3(C2)CN(c2ccc(C)nc2)C3)CC1. The Balaban J connectivity index is 1.15. The van der Waals surface area contributed by atoms with Crippen LogP contribution in [0.15, 0.2) is 42.6 Å². The van der Waals surface area contributed by atoms with Crippen molar-refractivity contribution in [2.24, 2.45) is 5.41 Å². The van der Waals surface area contributed by atoms with Crippen LogP contribution in [0.4, 0.5) is 5.69 Å². The Morgan fingerprint density at radius 2 is 1.83 bits per heavy atom. The number of likely N-dealkylation sites (tertiary alicyclic amines) is 1. The molecule has 2 aromatic rings. The summed E-state index contributed by atoms with van der Waals surface area (Å²) >= 11 is 0. The predicted octanol–water partition coefficient (Wildman–Crippen LogP) is 4.64. The van der Waals surface area contributed by atoms with E-state index in [1.54, 1.807) is 7.11 Å². The maximum absolute atomic E-state index is 5.60. The molecule has 3 aliphatic rings. The lowest BCUT2D eigenvalue weighted by Gasteiger charge is -2.50. The molecule has 5 rings (SSSR count). The van der Waals surface area contributed by atoms with Crippen LogP contribution in [0.25, 0.3) is 0 Å². The number of hydrogen-bond acceptors (Lipinski definition) is 4. The van der Waals surface area contributed by atoms with Gasteiger partial charge in [-0.2, -0.15) is 0 Å². The number of ether oxygens (including phenoxy) is 1. The minimum absolute atomic E-state index is 0.551. The third kappa shape index (κ3) is 3.63. The van der Waals surface area contributed by atoms with Crippen LogP contribution in [-0.2, 0) is 0 Å². The molecule has 0 bridgehead atoms. The first-order chi connectivity index (χ1) is 14.2. The van der Waals surface area contributed by atoms with Gasteiger partial charge in [-0.25, -0.2) is 0 Å². The zero-order valence-corrected chi connectivity index (χ0v) is 17.8. The Morgan fingerprint density at radius 3 is 2.55 bits per heavy atom. The average Bonchev–Trinajstić information content (AvgIpc) is 3.19. The molecular weight excluding hydrogens is 358 g/mol. The molecule has 29 heavy (non-hydrogen) atoms. The molecule has 1 aromatic carbocycles. The quantitative estimate of drug-likeness (QED) is 0.759. The molecule has 0 amide bonds. The zero-order chi connectivity index (χ0) is 19.8. The smallest absolute Gasteiger partial charge is 0.122 e. The molecule has 0 unspecified atom stereocenters. The molecule has 1 saturated carbocycles. The second kappa shape index (κ2) is 7.64. The molecule has 1 spiro atoms. The summed E-state index contributed by atoms with van der Waals surface area (Å²) in [6.07, 6.45) is 8.69. The first-order valence-corrected chi connectivity index (χ1v) is 11.2. The second-order valence-electron chi connectivity index (χ2n) is 9.46. The second-order valence-corrected chi connectivity index (χ2v) is 9.46. The number of pyridine rings is 1. The first-order valence-electron chi connectivity index (χ1n) is 11.2. The highest BCUT2D eigenvalue weighted by Gasteiger charge is 2.49. The van der Waals surface area contributed by atoms with Crippen LogP contribution in [0.2, 0.25) is 0 Å². The number of rotatable bonds is 4. The molecule has 2 aliphatic heterocycles. The molecule has 0 N–H and O–H groups in total. The maximum Gasteiger partial charge on any atom is 0.122 e. The van der Waals surface area contributed by atoms with Crippen LogP contribution in [0, 0.1) is 12.3 Å². The molecular formula is C25H33N3O. The molecule has 2 saturated heterocycles. The van der Waals surface area contributed by atoms with Gasteiger partial charge in [-0.1, -0.05) is 18.2 Å². The summed E-state index contributed by atoms with van der Waals surface area (Å²) in [7, 11) is 1.79. The number of nitrogens with zero attached hydrogens (tertiary/aromatic N) is 3. The van der Waals surface area contributed by atoms with Gasteiger partial charge in [0.15, 0.2) is 0 Å². The lowest BCUT2D eigenvalue weighted by Crippen LogP contribution is -2.56. The molecule has 154 valence electrons. The topological polar surface area (TPSA) is 28.6 Å². The Morgan fingerprint density at radius 1 is 1.03 bits per heavy atom. The van der Waals surface area contributed by atoms with Crippen molar-refractivity contribution in [2.75, 3.05) is 38.2 Å². The molecule has 4 heteroatoms. The minimum atomic E-state index is 0.551. The van der Waals surface area contributed by atoms with E-state index in [-0.39, 0.29) is 0 Å². The normalized spacial score (nSPS) is 24.6. The van der Waals surface area contributed by atoms with Crippen molar-refractivity contribution in [2.45, 2.75) is 51.0 Å². The number of benzene rings is 1. The molecule has 3 fully saturated rings. The fourth-order valence-electron chi connectivity index (χ4n) is 5.95. The molecule has 1 aliphatic carbocycles. The van der Waals surface area contributed by atoms with Gasteiger partial charge in [-0.05, 0) is 81.8 Å². The van der Waals surface area contributed by atoms with Gasteiger partial charge >= 0.3 is 0 Å². The Kier molecular flexibility index (Phi) is 4.99. The van der Waals surface area contributed by atoms with Crippen molar-refractivity contribution in [3.8, 4) is 5.75 Å². The molecule has 4 nitrogen and oxygen atoms in total. The Labute approximate surface area is 174 Å². The summed E-state index contributed by atoms with van der Waals surface area (Å²) in [5.74, 6) is 1.71. The molecule has 3 heterocycles. The average molecular weight is 392 g/mol. The number of anilines is 1. The van der Waals surface area contributed by atoms with Gasteiger partial charge in [0.2, 0.25) is 0 Å². The first kappa shape index (κ1) is 18.9. The van der Waals surface area contributed by atoms with E-state index in [0.717, 1.165) is 17.5 Å². The van der Waals surface area contributed by atoms with Crippen molar-refractivity contribution in [3.05, 3.63) is 53.9 Å². The van der Waals surface area contributed by atoms with Crippen molar-refractivity contribution >= 4 is 5.69 Å². The third-order valence-electron chi connectivity index (χ3n) is 7.61. The van der Waals surface area contributed by atoms with E-state index in [1.165, 1.54) is 69.5 Å². The number of piperidine rings is 1. The van der Waals surface area contributed by atoms with Crippen molar-refractivity contribution < 1.29 is 4.74 Å². The van der Waals surface area contributed by atoms with Crippen LogP contribution in [0.3, 0.4) is 0 Å². The minimum Gasteiger partial charge on any atom is -0.496 e. The van der Waals surface area contributed by atoms with Gasteiger partial charge in [0.25, 0.3) is 0 Å². The summed E-state index contributed by atoms with van der Waals surface area (Å²) in [6, 6.07) is 13.7. The summed E-state index contributed by atoms with van der Waals surface area (Å²) < 4.78 is 5.60. The lowest BCUT2D eigenvalue weighted by molar-refractivity contribution is 0.131. The number of aryl methyl sites for hydroxylation is 1. The highest BCUT2D eigenvalue weighted by atomic mass is 16.5. The van der Waals surface area contributed by atoms with E-state index in [4.69, 9.17) is 4.74 Å². The number of para-hydroxylation sites is 1. The zero-order valence-electron chi connectivity index (χ0n) is 17.8. The van der Waals surface area contributed by atoms with Crippen LogP contribution >= 0.6 is 0 Å². The van der Waals surface area contributed by atoms with E-state index in [1.807, 2.05) is 6.20 Å². The number of aromatic nitrogens is 1. The van der Waals surface area contributed by atoms with Crippen molar-refractivity contribution in [1.82, 2.24) is 9.88 Å². The molecule has 0 radical (unpaired) electrons. The summed E-state index contributed by atoms with van der Waals surface area (Å²) in [5, 5.41) is 0. The van der Waals surface area contributed by atoms with Crippen LogP contribution in [0.1, 0.15) is 49.3 Å². The van der Waals surface area contributed by atoms with E-state index >= 15 is 0 Å². The third-order valence-corrected chi connectivity index (χ3v) is 7.61. The van der Waals surface area contributed by atoms with Gasteiger partial charge in [0.1, 0.15) is 5.75 Å². The van der Waals surface area contributed by atoms with Crippen LogP contribution in [0.5, 0.6) is 5.75 Å². The largest absolute Gasteiger partial charge is 0.496 e. The highest BCUT2D eigenvalue weighted by molar-refractivity contribution is 5.48. The monoisotopic (exact) mass is 391 g/mol. The van der Waals surface area contributed by atoms with Gasteiger partial charge in [0, 0.05) is 30.2 Å². The Hall–Kier alpha value is -2.07. The van der Waals surface area contributed by atoms with Crippen molar-refractivity contribution in [1.29, 1.82) is 0 Å². The molecule has 1 atom stereocenters. The van der Waals surface area contributed by atoms with Crippen molar-refractivity contribution in [3.63, 3.8) is 0 Å². The fourth-order valence-corrected chi connectivity index (χ4v) is 5.95. The number of methoxy groups -OCH3 is 1. The standard InChI is InChI=1S/C25H33N3O/c1-19-7-8-22(16-26-19)28-17-25(18-28)12-9-21(15-25)27-13-10-20(11-14-27)23-5-3-4-6-24(23)29-2/h3-8,16,20-21H,9-15,17-18H2,1-2H3/t21-/m1/s1. The highest BCUT2D eigenvalue weighted by Crippen LogP contribution is 2.49. The Bertz CT molecular complexity index is 835. The van der Waals surface area contributed by atoms with E-state index in [0.29, 0.717) is 11.3 Å². The van der Waals surface area contributed by atoms with E-state index in [2.05, 4.69) is 58.1 Å². The van der Waals surface area contributed by atoms with Gasteiger partial charge < -0.3 is 14.5 Å². The van der Waals surface area contributed by atoms with E-state index < -0.39 is 0 Å². The van der Waals surface area contributed by atoms with Gasteiger partial charge in [-0.15, -0.1) is 0 Å². The maximum atomic E-state index is 5.60. The van der Waals surface area contributed by atoms with Crippen LogP contribution in [-0.4, -0.2) is 49.2 Å². The van der Waals surface area contributed by atoms with Gasteiger partial charge in [0.05, 0.1) is 19.0 Å².